The molecule has 2 bridgehead atoms. The molecule has 4 heteroatoms. The van der Waals surface area contributed by atoms with Crippen LogP contribution in [0, 0.1) is 12.8 Å². The first-order valence-corrected chi connectivity index (χ1v) is 8.18. The number of pyridine rings is 1. The van der Waals surface area contributed by atoms with Crippen LogP contribution in [0.2, 0.25) is 0 Å². The molecule has 22 heavy (non-hydrogen) atoms. The van der Waals surface area contributed by atoms with Crippen LogP contribution in [0.15, 0.2) is 29.0 Å². The van der Waals surface area contributed by atoms with E-state index in [4.69, 9.17) is 9.15 Å². The smallest absolute Gasteiger partial charge is 0.217 e. The molecule has 0 N–H and O–H groups in total. The molecule has 0 aromatic carbocycles. The average Bonchev–Trinajstić information content (AvgIpc) is 3.11. The lowest BCUT2D eigenvalue weighted by Gasteiger charge is -2.50. The van der Waals surface area contributed by atoms with Crippen LogP contribution < -0.4 is 4.74 Å². The van der Waals surface area contributed by atoms with Gasteiger partial charge in [0.2, 0.25) is 5.88 Å². The minimum Gasteiger partial charge on any atom is -0.469 e. The third kappa shape index (κ3) is 1.76. The number of piperidine rings is 3. The van der Waals surface area contributed by atoms with Gasteiger partial charge in [-0.25, -0.2) is 4.98 Å². The quantitative estimate of drug-likeness (QED) is 0.811. The highest BCUT2D eigenvalue weighted by Gasteiger charge is 2.52. The molecule has 114 valence electrons. The van der Waals surface area contributed by atoms with E-state index in [1.165, 1.54) is 31.5 Å². The van der Waals surface area contributed by atoms with Crippen molar-refractivity contribution in [2.75, 3.05) is 19.6 Å². The number of rotatable bonds is 1. The Labute approximate surface area is 130 Å². The summed E-state index contributed by atoms with van der Waals surface area (Å²) in [6, 6.07) is 4.29. The van der Waals surface area contributed by atoms with Crippen LogP contribution in [0.25, 0.3) is 11.1 Å². The first kappa shape index (κ1) is 12.7. The number of furan rings is 1. The molecular formula is C18H20N2O2. The third-order valence-electron chi connectivity index (χ3n) is 5.60. The summed E-state index contributed by atoms with van der Waals surface area (Å²) in [4.78, 5) is 7.14. The largest absolute Gasteiger partial charge is 0.469 e. The summed E-state index contributed by atoms with van der Waals surface area (Å²) >= 11 is 0. The van der Waals surface area contributed by atoms with Gasteiger partial charge < -0.3 is 9.15 Å². The highest BCUT2D eigenvalue weighted by molar-refractivity contribution is 5.64. The molecule has 1 spiro atoms. The Balaban J connectivity index is 1.49. The minimum atomic E-state index is -0.0171. The van der Waals surface area contributed by atoms with E-state index >= 15 is 0 Å². The molecule has 0 unspecified atom stereocenters. The second-order valence-corrected chi connectivity index (χ2v) is 7.03. The number of aryl methyl sites for hydroxylation is 1. The predicted octanol–water partition coefficient (Wildman–Crippen LogP) is 3.05. The van der Waals surface area contributed by atoms with Gasteiger partial charge in [0.15, 0.2) is 0 Å². The molecule has 0 amide bonds. The predicted molar refractivity (Wildman–Crippen MR) is 82.9 cm³/mol. The highest BCUT2D eigenvalue weighted by atomic mass is 16.5. The molecule has 4 nitrogen and oxygen atoms in total. The van der Waals surface area contributed by atoms with Gasteiger partial charge in [-0.15, -0.1) is 0 Å². The second-order valence-electron chi connectivity index (χ2n) is 7.03. The number of nitrogens with zero attached hydrogens (tertiary/aromatic N) is 2. The van der Waals surface area contributed by atoms with Crippen molar-refractivity contribution in [1.82, 2.24) is 9.88 Å². The SMILES string of the molecule is Cc1cc(-c2cnc3c(c2)C[C@@]2(CN4CCC2CC4)O3)co1. The Bertz CT molecular complexity index is 730. The van der Waals surface area contributed by atoms with Crippen molar-refractivity contribution in [3.05, 3.63) is 35.9 Å². The Morgan fingerprint density at radius 1 is 1.23 bits per heavy atom. The van der Waals surface area contributed by atoms with Crippen LogP contribution >= 0.6 is 0 Å². The normalized spacial score (nSPS) is 32.2. The molecule has 0 aliphatic carbocycles. The van der Waals surface area contributed by atoms with E-state index in [1.54, 1.807) is 6.26 Å². The van der Waals surface area contributed by atoms with Crippen molar-refractivity contribution in [1.29, 1.82) is 0 Å². The molecule has 0 radical (unpaired) electrons. The highest BCUT2D eigenvalue weighted by Crippen LogP contribution is 2.46. The molecule has 3 saturated heterocycles. The van der Waals surface area contributed by atoms with E-state index in [0.717, 1.165) is 35.7 Å². The van der Waals surface area contributed by atoms with Gasteiger partial charge in [-0.1, -0.05) is 0 Å². The summed E-state index contributed by atoms with van der Waals surface area (Å²) < 4.78 is 11.8. The first-order valence-electron chi connectivity index (χ1n) is 8.18. The molecule has 2 aromatic rings. The van der Waals surface area contributed by atoms with Crippen LogP contribution in [0.5, 0.6) is 5.88 Å². The number of fused-ring (bicyclic) bond motifs is 3. The Morgan fingerprint density at radius 2 is 2.09 bits per heavy atom. The maximum absolute atomic E-state index is 6.39. The molecular weight excluding hydrogens is 276 g/mol. The van der Waals surface area contributed by atoms with Crippen LogP contribution in [0.4, 0.5) is 0 Å². The van der Waals surface area contributed by atoms with E-state index in [-0.39, 0.29) is 5.60 Å². The Hall–Kier alpha value is -1.81. The number of hydrogen-bond donors (Lipinski definition) is 0. The fraction of sp³-hybridized carbons (Fsp3) is 0.500. The maximum Gasteiger partial charge on any atom is 0.217 e. The van der Waals surface area contributed by atoms with Crippen molar-refractivity contribution in [3.63, 3.8) is 0 Å². The van der Waals surface area contributed by atoms with Gasteiger partial charge in [-0.2, -0.15) is 0 Å². The summed E-state index contributed by atoms with van der Waals surface area (Å²) in [5.74, 6) is 2.46. The Morgan fingerprint density at radius 3 is 2.77 bits per heavy atom. The van der Waals surface area contributed by atoms with Crippen LogP contribution in [-0.2, 0) is 6.42 Å². The number of hydrogen-bond acceptors (Lipinski definition) is 4. The van der Waals surface area contributed by atoms with Crippen molar-refractivity contribution < 1.29 is 9.15 Å². The van der Waals surface area contributed by atoms with Gasteiger partial charge in [-0.3, -0.25) is 4.90 Å². The van der Waals surface area contributed by atoms with Crippen molar-refractivity contribution in [3.8, 4) is 17.0 Å². The minimum absolute atomic E-state index is 0.0171. The van der Waals surface area contributed by atoms with Crippen molar-refractivity contribution in [2.24, 2.45) is 5.92 Å². The second kappa shape index (κ2) is 4.35. The summed E-state index contributed by atoms with van der Waals surface area (Å²) in [5, 5.41) is 0. The zero-order valence-corrected chi connectivity index (χ0v) is 12.8. The molecule has 1 atom stereocenters. The lowest BCUT2D eigenvalue weighted by molar-refractivity contribution is -0.0814. The summed E-state index contributed by atoms with van der Waals surface area (Å²) in [7, 11) is 0. The molecule has 0 saturated carbocycles. The van der Waals surface area contributed by atoms with Gasteiger partial charge >= 0.3 is 0 Å². The van der Waals surface area contributed by atoms with E-state index in [1.807, 2.05) is 13.1 Å². The zero-order chi connectivity index (χ0) is 14.7. The lowest BCUT2D eigenvalue weighted by atomic mass is 9.73. The first-order chi connectivity index (χ1) is 10.7. The third-order valence-corrected chi connectivity index (χ3v) is 5.60. The fourth-order valence-electron chi connectivity index (χ4n) is 4.46. The van der Waals surface area contributed by atoms with E-state index in [0.29, 0.717) is 5.92 Å². The molecule has 6 rings (SSSR count). The van der Waals surface area contributed by atoms with Crippen LogP contribution in [0.3, 0.4) is 0 Å². The molecule has 4 aliphatic rings. The van der Waals surface area contributed by atoms with Gasteiger partial charge in [0.25, 0.3) is 0 Å². The van der Waals surface area contributed by atoms with E-state index in [9.17, 15) is 0 Å². The molecule has 4 aliphatic heterocycles. The van der Waals surface area contributed by atoms with Gasteiger partial charge in [0.05, 0.1) is 6.26 Å². The molecule has 3 fully saturated rings. The van der Waals surface area contributed by atoms with Crippen LogP contribution in [0.1, 0.15) is 24.2 Å². The van der Waals surface area contributed by atoms with Gasteiger partial charge in [0.1, 0.15) is 11.4 Å². The van der Waals surface area contributed by atoms with Crippen molar-refractivity contribution in [2.45, 2.75) is 31.8 Å². The van der Waals surface area contributed by atoms with Gasteiger partial charge in [-0.05, 0) is 45.0 Å². The molecule has 2 aromatic heterocycles. The summed E-state index contributed by atoms with van der Waals surface area (Å²) in [5.41, 5.74) is 3.46. The number of ether oxygens (including phenoxy) is 1. The standard InChI is InChI=1S/C18H20N2O2/c1-12-6-15(10-21-12)14-7-13-8-18(22-17(13)19-9-14)11-20-4-2-16(18)3-5-20/h6-7,9-10,16H,2-5,8,11H2,1H3/t18-/m0/s1. The van der Waals surface area contributed by atoms with Crippen LogP contribution in [-0.4, -0.2) is 35.1 Å². The topological polar surface area (TPSA) is 38.5 Å². The fourth-order valence-corrected chi connectivity index (χ4v) is 4.46. The summed E-state index contributed by atoms with van der Waals surface area (Å²) in [6.45, 7) is 5.50. The monoisotopic (exact) mass is 296 g/mol. The maximum atomic E-state index is 6.39. The zero-order valence-electron chi connectivity index (χ0n) is 12.8. The van der Waals surface area contributed by atoms with E-state index < -0.39 is 0 Å². The molecule has 6 heterocycles. The van der Waals surface area contributed by atoms with Crippen molar-refractivity contribution >= 4 is 0 Å². The number of aromatic nitrogens is 1. The van der Waals surface area contributed by atoms with E-state index in [2.05, 4.69) is 22.0 Å². The van der Waals surface area contributed by atoms with Gasteiger partial charge in [0, 0.05) is 41.8 Å². The lowest BCUT2D eigenvalue weighted by Crippen LogP contribution is -2.61. The summed E-state index contributed by atoms with van der Waals surface area (Å²) in [6.07, 6.45) is 7.24. The average molecular weight is 296 g/mol. The Kier molecular flexibility index (Phi) is 2.51.